The third-order valence-electron chi connectivity index (χ3n) is 1.99. The lowest BCUT2D eigenvalue weighted by Gasteiger charge is -2.05. The topological polar surface area (TPSA) is 84.2 Å². The van der Waals surface area contributed by atoms with Gasteiger partial charge in [0.15, 0.2) is 0 Å². The molecule has 2 rings (SSSR count). The molecular formula is C8H9N3O3. The summed E-state index contributed by atoms with van der Waals surface area (Å²) in [5.74, 6) is -0.522. The smallest absolute Gasteiger partial charge is 0.244 e. The SMILES string of the molecule is O=C1CC(NCc2ccon2)C(=O)N1. The number of carbonyl (C=O) groups is 2. The number of hydrogen-bond donors (Lipinski definition) is 2. The average molecular weight is 195 g/mol. The summed E-state index contributed by atoms with van der Waals surface area (Å²) in [4.78, 5) is 21.9. The highest BCUT2D eigenvalue weighted by Crippen LogP contribution is 2.02. The second-order valence-electron chi connectivity index (χ2n) is 3.04. The molecule has 0 saturated carbocycles. The monoisotopic (exact) mass is 195 g/mol. The number of amides is 2. The van der Waals surface area contributed by atoms with Crippen LogP contribution in [0.15, 0.2) is 16.9 Å². The quantitative estimate of drug-likeness (QED) is 0.615. The fourth-order valence-electron chi connectivity index (χ4n) is 1.28. The fourth-order valence-corrected chi connectivity index (χ4v) is 1.28. The van der Waals surface area contributed by atoms with Crippen molar-refractivity contribution >= 4 is 11.8 Å². The molecule has 0 bridgehead atoms. The molecule has 2 amide bonds. The zero-order valence-electron chi connectivity index (χ0n) is 7.32. The molecule has 0 radical (unpaired) electrons. The van der Waals surface area contributed by atoms with Gasteiger partial charge in [-0.2, -0.15) is 0 Å². The number of imide groups is 1. The molecule has 14 heavy (non-hydrogen) atoms. The Bertz CT molecular complexity index is 347. The van der Waals surface area contributed by atoms with Crippen LogP contribution in [0.3, 0.4) is 0 Å². The Balaban J connectivity index is 1.87. The lowest BCUT2D eigenvalue weighted by Crippen LogP contribution is -2.35. The Morgan fingerprint density at radius 3 is 3.07 bits per heavy atom. The van der Waals surface area contributed by atoms with E-state index in [1.54, 1.807) is 6.07 Å². The molecular weight excluding hydrogens is 186 g/mol. The van der Waals surface area contributed by atoms with Crippen molar-refractivity contribution in [2.75, 3.05) is 0 Å². The van der Waals surface area contributed by atoms with Crippen LogP contribution in [0.2, 0.25) is 0 Å². The summed E-state index contributed by atoms with van der Waals surface area (Å²) in [6.45, 7) is 0.419. The highest BCUT2D eigenvalue weighted by Gasteiger charge is 2.29. The second kappa shape index (κ2) is 3.59. The van der Waals surface area contributed by atoms with Gasteiger partial charge in [0.2, 0.25) is 11.8 Å². The van der Waals surface area contributed by atoms with Crippen molar-refractivity contribution in [3.63, 3.8) is 0 Å². The van der Waals surface area contributed by atoms with E-state index < -0.39 is 6.04 Å². The predicted octanol–water partition coefficient (Wildman–Crippen LogP) is -0.821. The van der Waals surface area contributed by atoms with E-state index in [0.29, 0.717) is 12.2 Å². The lowest BCUT2D eigenvalue weighted by atomic mass is 10.2. The van der Waals surface area contributed by atoms with Gasteiger partial charge in [-0.1, -0.05) is 5.16 Å². The maximum atomic E-state index is 11.1. The molecule has 2 N–H and O–H groups in total. The van der Waals surface area contributed by atoms with Crippen molar-refractivity contribution in [2.45, 2.75) is 19.0 Å². The third-order valence-corrected chi connectivity index (χ3v) is 1.99. The van der Waals surface area contributed by atoms with Gasteiger partial charge < -0.3 is 4.52 Å². The minimum absolute atomic E-state index is 0.191. The van der Waals surface area contributed by atoms with Crippen molar-refractivity contribution in [1.82, 2.24) is 15.8 Å². The van der Waals surface area contributed by atoms with Gasteiger partial charge in [0, 0.05) is 12.6 Å². The number of nitrogens with one attached hydrogen (secondary N) is 2. The molecule has 1 aliphatic heterocycles. The summed E-state index contributed by atoms with van der Waals surface area (Å²) in [5.41, 5.74) is 0.706. The number of rotatable bonds is 3. The zero-order valence-corrected chi connectivity index (χ0v) is 7.32. The normalized spacial score (nSPS) is 21.3. The van der Waals surface area contributed by atoms with E-state index in [1.165, 1.54) is 6.26 Å². The minimum Gasteiger partial charge on any atom is -0.364 e. The molecule has 6 heteroatoms. The molecule has 2 heterocycles. The molecule has 0 spiro atoms. The number of carbonyl (C=O) groups excluding carboxylic acids is 2. The van der Waals surface area contributed by atoms with Gasteiger partial charge in [0.1, 0.15) is 6.26 Å². The van der Waals surface area contributed by atoms with E-state index in [2.05, 4.69) is 20.3 Å². The van der Waals surface area contributed by atoms with Gasteiger partial charge in [0.25, 0.3) is 0 Å². The van der Waals surface area contributed by atoms with E-state index >= 15 is 0 Å². The van der Waals surface area contributed by atoms with Crippen LogP contribution in [0.5, 0.6) is 0 Å². The molecule has 1 aromatic rings. The van der Waals surface area contributed by atoms with Gasteiger partial charge in [0.05, 0.1) is 18.2 Å². The molecule has 6 nitrogen and oxygen atoms in total. The van der Waals surface area contributed by atoms with Crippen molar-refractivity contribution in [2.24, 2.45) is 0 Å². The summed E-state index contributed by atoms with van der Waals surface area (Å²) in [7, 11) is 0. The molecule has 0 aliphatic carbocycles. The Morgan fingerprint density at radius 2 is 2.50 bits per heavy atom. The number of hydrogen-bond acceptors (Lipinski definition) is 5. The first-order valence-electron chi connectivity index (χ1n) is 4.22. The average Bonchev–Trinajstić information content (AvgIpc) is 2.72. The van der Waals surface area contributed by atoms with Gasteiger partial charge >= 0.3 is 0 Å². The van der Waals surface area contributed by atoms with Crippen molar-refractivity contribution < 1.29 is 14.1 Å². The largest absolute Gasteiger partial charge is 0.364 e. The first-order chi connectivity index (χ1) is 6.75. The first-order valence-corrected chi connectivity index (χ1v) is 4.22. The van der Waals surface area contributed by atoms with E-state index in [4.69, 9.17) is 0 Å². The first kappa shape index (κ1) is 8.89. The van der Waals surface area contributed by atoms with Crippen LogP contribution < -0.4 is 10.6 Å². The highest BCUT2D eigenvalue weighted by molar-refractivity contribution is 6.05. The zero-order chi connectivity index (χ0) is 9.97. The number of nitrogens with zero attached hydrogens (tertiary/aromatic N) is 1. The summed E-state index contributed by atoms with van der Waals surface area (Å²) in [6.07, 6.45) is 1.65. The van der Waals surface area contributed by atoms with Gasteiger partial charge in [-0.05, 0) is 0 Å². The van der Waals surface area contributed by atoms with Crippen LogP contribution in [-0.2, 0) is 16.1 Å². The van der Waals surface area contributed by atoms with Crippen molar-refractivity contribution in [1.29, 1.82) is 0 Å². The Morgan fingerprint density at radius 1 is 1.64 bits per heavy atom. The summed E-state index contributed by atoms with van der Waals surface area (Å²) in [5, 5.41) is 8.79. The maximum absolute atomic E-state index is 11.1. The minimum atomic E-state index is -0.445. The second-order valence-corrected chi connectivity index (χ2v) is 3.04. The maximum Gasteiger partial charge on any atom is 0.244 e. The van der Waals surface area contributed by atoms with E-state index in [-0.39, 0.29) is 18.2 Å². The van der Waals surface area contributed by atoms with E-state index in [9.17, 15) is 9.59 Å². The standard InChI is InChI=1S/C8H9N3O3/c12-7-3-6(8(13)10-7)9-4-5-1-2-14-11-5/h1-2,6,9H,3-4H2,(H,10,12,13). The fraction of sp³-hybridized carbons (Fsp3) is 0.375. The van der Waals surface area contributed by atoms with Crippen molar-refractivity contribution in [3.05, 3.63) is 18.0 Å². The molecule has 1 atom stereocenters. The summed E-state index contributed by atoms with van der Waals surface area (Å²) >= 11 is 0. The van der Waals surface area contributed by atoms with Gasteiger partial charge in [-0.3, -0.25) is 20.2 Å². The summed E-state index contributed by atoms with van der Waals surface area (Å²) < 4.78 is 4.62. The van der Waals surface area contributed by atoms with Crippen LogP contribution in [0.4, 0.5) is 0 Å². The van der Waals surface area contributed by atoms with E-state index in [0.717, 1.165) is 0 Å². The van der Waals surface area contributed by atoms with Gasteiger partial charge in [-0.15, -0.1) is 0 Å². The molecule has 0 aromatic carbocycles. The highest BCUT2D eigenvalue weighted by atomic mass is 16.5. The lowest BCUT2D eigenvalue weighted by molar-refractivity contribution is -0.125. The summed E-state index contributed by atoms with van der Waals surface area (Å²) in [6, 6.07) is 1.25. The van der Waals surface area contributed by atoms with Gasteiger partial charge in [-0.25, -0.2) is 0 Å². The molecule has 1 saturated heterocycles. The van der Waals surface area contributed by atoms with Crippen molar-refractivity contribution in [3.8, 4) is 0 Å². The third kappa shape index (κ3) is 1.80. The van der Waals surface area contributed by atoms with Crippen LogP contribution in [-0.4, -0.2) is 23.0 Å². The van der Waals surface area contributed by atoms with Crippen LogP contribution in [0.1, 0.15) is 12.1 Å². The van der Waals surface area contributed by atoms with Crippen LogP contribution in [0, 0.1) is 0 Å². The number of aromatic nitrogens is 1. The van der Waals surface area contributed by atoms with Crippen LogP contribution in [0.25, 0.3) is 0 Å². The molecule has 1 fully saturated rings. The van der Waals surface area contributed by atoms with Crippen LogP contribution >= 0.6 is 0 Å². The predicted molar refractivity (Wildman–Crippen MR) is 44.9 cm³/mol. The molecule has 1 aliphatic rings. The molecule has 1 unspecified atom stereocenters. The van der Waals surface area contributed by atoms with E-state index in [1.807, 2.05) is 0 Å². The Hall–Kier alpha value is -1.69. The Labute approximate surface area is 79.6 Å². The molecule has 1 aromatic heterocycles. The Kier molecular flexibility index (Phi) is 2.28. The molecule has 74 valence electrons.